The fraction of sp³-hybridized carbons (Fsp3) is 0.923. The molecule has 0 saturated carbocycles. The van der Waals surface area contributed by atoms with Crippen LogP contribution < -0.4 is 10.6 Å². The molecule has 4 nitrogen and oxygen atoms in total. The molecule has 0 radical (unpaired) electrons. The lowest BCUT2D eigenvalue weighted by Crippen LogP contribution is -2.44. The summed E-state index contributed by atoms with van der Waals surface area (Å²) in [5.74, 6) is 1.71. The molecule has 0 aromatic carbocycles. The summed E-state index contributed by atoms with van der Waals surface area (Å²) in [6.07, 6.45) is 3.81. The molecule has 2 N–H and O–H groups in total. The van der Waals surface area contributed by atoms with Gasteiger partial charge in [-0.2, -0.15) is 0 Å². The van der Waals surface area contributed by atoms with E-state index in [0.717, 1.165) is 31.4 Å². The Morgan fingerprint density at radius 3 is 2.72 bits per heavy atom. The molecule has 1 saturated heterocycles. The van der Waals surface area contributed by atoms with Gasteiger partial charge >= 0.3 is 0 Å². The monoisotopic (exact) mass is 368 g/mol. The number of hydrogen-bond acceptors (Lipinski definition) is 2. The second kappa shape index (κ2) is 10.8. The van der Waals surface area contributed by atoms with Crippen LogP contribution in [0.3, 0.4) is 0 Å². The highest BCUT2D eigenvalue weighted by Crippen LogP contribution is 2.14. The fourth-order valence-electron chi connectivity index (χ4n) is 2.31. The van der Waals surface area contributed by atoms with Gasteiger partial charge in [0, 0.05) is 26.7 Å². The van der Waals surface area contributed by atoms with E-state index >= 15 is 0 Å². The van der Waals surface area contributed by atoms with E-state index in [4.69, 9.17) is 0 Å². The quantitative estimate of drug-likeness (QED) is 0.443. The van der Waals surface area contributed by atoms with Crippen LogP contribution >= 0.6 is 24.0 Å². The van der Waals surface area contributed by atoms with Crippen LogP contribution in [0.5, 0.6) is 0 Å². The minimum atomic E-state index is 0. The minimum absolute atomic E-state index is 0. The largest absolute Gasteiger partial charge is 0.356 e. The van der Waals surface area contributed by atoms with Gasteiger partial charge in [-0.15, -0.1) is 24.0 Å². The van der Waals surface area contributed by atoms with Gasteiger partial charge in [-0.25, -0.2) is 0 Å². The van der Waals surface area contributed by atoms with Crippen molar-refractivity contribution in [2.45, 2.75) is 33.1 Å². The smallest absolute Gasteiger partial charge is 0.190 e. The first kappa shape index (κ1) is 18.0. The second-order valence-corrected chi connectivity index (χ2v) is 4.78. The molecule has 1 rings (SSSR count). The van der Waals surface area contributed by atoms with Crippen molar-refractivity contribution >= 4 is 29.9 Å². The molecular weight excluding hydrogens is 339 g/mol. The Morgan fingerprint density at radius 1 is 1.33 bits per heavy atom. The maximum Gasteiger partial charge on any atom is 0.190 e. The highest BCUT2D eigenvalue weighted by atomic mass is 127. The number of piperidine rings is 1. The molecule has 1 aliphatic rings. The Bertz CT molecular complexity index is 233. The van der Waals surface area contributed by atoms with Crippen LogP contribution in [-0.2, 0) is 0 Å². The van der Waals surface area contributed by atoms with Crippen LogP contribution in [-0.4, -0.2) is 50.6 Å². The van der Waals surface area contributed by atoms with Crippen molar-refractivity contribution in [3.05, 3.63) is 0 Å². The molecule has 1 atom stereocenters. The van der Waals surface area contributed by atoms with Crippen LogP contribution in [0.2, 0.25) is 0 Å². The van der Waals surface area contributed by atoms with E-state index in [1.54, 1.807) is 0 Å². The van der Waals surface area contributed by atoms with Crippen molar-refractivity contribution in [3.8, 4) is 0 Å². The molecule has 0 aromatic rings. The third-order valence-corrected chi connectivity index (χ3v) is 3.37. The van der Waals surface area contributed by atoms with Gasteiger partial charge in [0.1, 0.15) is 0 Å². The van der Waals surface area contributed by atoms with Gasteiger partial charge in [-0.1, -0.05) is 13.8 Å². The maximum absolute atomic E-state index is 4.23. The number of guanidine groups is 1. The van der Waals surface area contributed by atoms with E-state index in [2.05, 4.69) is 34.4 Å². The van der Waals surface area contributed by atoms with Gasteiger partial charge in [0.05, 0.1) is 0 Å². The standard InChI is InChI=1S/C13H28N4.HI/c1-4-8-15-13(14-3)16-10-12-7-6-9-17(5-2)11-12;/h12H,4-11H2,1-3H3,(H2,14,15,16);1H. The van der Waals surface area contributed by atoms with Gasteiger partial charge in [0.15, 0.2) is 5.96 Å². The molecular formula is C13H29IN4. The molecule has 0 amide bonds. The van der Waals surface area contributed by atoms with Gasteiger partial charge in [-0.05, 0) is 38.3 Å². The van der Waals surface area contributed by atoms with Crippen LogP contribution in [0, 0.1) is 5.92 Å². The normalized spacial score (nSPS) is 21.3. The predicted molar refractivity (Wildman–Crippen MR) is 89.9 cm³/mol. The fourth-order valence-corrected chi connectivity index (χ4v) is 2.31. The molecule has 0 spiro atoms. The van der Waals surface area contributed by atoms with E-state index in [1.165, 1.54) is 32.5 Å². The van der Waals surface area contributed by atoms with E-state index in [0.29, 0.717) is 0 Å². The van der Waals surface area contributed by atoms with E-state index in [9.17, 15) is 0 Å². The molecule has 0 aromatic heterocycles. The maximum atomic E-state index is 4.23. The minimum Gasteiger partial charge on any atom is -0.356 e. The van der Waals surface area contributed by atoms with Gasteiger partial charge in [0.25, 0.3) is 0 Å². The van der Waals surface area contributed by atoms with Crippen molar-refractivity contribution < 1.29 is 0 Å². The zero-order chi connectivity index (χ0) is 12.5. The number of aliphatic imine (C=N–C) groups is 1. The Morgan fingerprint density at radius 2 is 2.11 bits per heavy atom. The number of nitrogens with zero attached hydrogens (tertiary/aromatic N) is 2. The Kier molecular flexibility index (Phi) is 10.8. The summed E-state index contributed by atoms with van der Waals surface area (Å²) in [5.41, 5.74) is 0. The topological polar surface area (TPSA) is 39.7 Å². The highest BCUT2D eigenvalue weighted by Gasteiger charge is 2.18. The SMILES string of the molecule is CCCNC(=NC)NCC1CCCN(CC)C1.I. The van der Waals surface area contributed by atoms with E-state index in [-0.39, 0.29) is 24.0 Å². The second-order valence-electron chi connectivity index (χ2n) is 4.78. The molecule has 1 fully saturated rings. The summed E-state index contributed by atoms with van der Waals surface area (Å²) < 4.78 is 0. The first-order valence-electron chi connectivity index (χ1n) is 6.97. The Balaban J connectivity index is 0.00000289. The van der Waals surface area contributed by atoms with Crippen molar-refractivity contribution in [1.29, 1.82) is 0 Å². The first-order chi connectivity index (χ1) is 8.30. The highest BCUT2D eigenvalue weighted by molar-refractivity contribution is 14.0. The van der Waals surface area contributed by atoms with Crippen molar-refractivity contribution in [3.63, 3.8) is 0 Å². The molecule has 1 unspecified atom stereocenters. The number of rotatable bonds is 5. The summed E-state index contributed by atoms with van der Waals surface area (Å²) in [7, 11) is 1.84. The number of halogens is 1. The van der Waals surface area contributed by atoms with E-state index < -0.39 is 0 Å². The van der Waals surface area contributed by atoms with Crippen molar-refractivity contribution in [1.82, 2.24) is 15.5 Å². The summed E-state index contributed by atoms with van der Waals surface area (Å²) in [5, 5.41) is 6.74. The zero-order valence-electron chi connectivity index (χ0n) is 12.0. The molecule has 1 heterocycles. The average Bonchev–Trinajstić information content (AvgIpc) is 2.39. The third kappa shape index (κ3) is 6.78. The first-order valence-corrected chi connectivity index (χ1v) is 6.97. The van der Waals surface area contributed by atoms with Gasteiger partial charge in [0.2, 0.25) is 0 Å². The van der Waals surface area contributed by atoms with Gasteiger partial charge in [-0.3, -0.25) is 4.99 Å². The summed E-state index contributed by atoms with van der Waals surface area (Å²) in [4.78, 5) is 6.77. The number of hydrogen-bond donors (Lipinski definition) is 2. The van der Waals surface area contributed by atoms with Crippen molar-refractivity contribution in [2.24, 2.45) is 10.9 Å². The predicted octanol–water partition coefficient (Wildman–Crippen LogP) is 1.91. The molecule has 1 aliphatic heterocycles. The molecule has 0 aliphatic carbocycles. The lowest BCUT2D eigenvalue weighted by molar-refractivity contribution is 0.183. The average molecular weight is 368 g/mol. The lowest BCUT2D eigenvalue weighted by Gasteiger charge is -2.32. The van der Waals surface area contributed by atoms with E-state index in [1.807, 2.05) is 7.05 Å². The summed E-state index contributed by atoms with van der Waals surface area (Å²) >= 11 is 0. The number of likely N-dealkylation sites (tertiary alicyclic amines) is 1. The van der Waals surface area contributed by atoms with Crippen LogP contribution in [0.4, 0.5) is 0 Å². The third-order valence-electron chi connectivity index (χ3n) is 3.37. The molecule has 108 valence electrons. The molecule has 18 heavy (non-hydrogen) atoms. The van der Waals surface area contributed by atoms with Crippen LogP contribution in [0.1, 0.15) is 33.1 Å². The number of nitrogens with one attached hydrogen (secondary N) is 2. The summed E-state index contributed by atoms with van der Waals surface area (Å²) in [6.45, 7) is 10.1. The lowest BCUT2D eigenvalue weighted by atomic mass is 9.98. The van der Waals surface area contributed by atoms with Crippen LogP contribution in [0.25, 0.3) is 0 Å². The molecule has 0 bridgehead atoms. The summed E-state index contributed by atoms with van der Waals surface area (Å²) in [6, 6.07) is 0. The zero-order valence-corrected chi connectivity index (χ0v) is 14.4. The Labute approximate surface area is 129 Å². The van der Waals surface area contributed by atoms with Crippen LogP contribution in [0.15, 0.2) is 4.99 Å². The van der Waals surface area contributed by atoms with Gasteiger partial charge < -0.3 is 15.5 Å². The Hall–Kier alpha value is -0.0400. The van der Waals surface area contributed by atoms with Crippen molar-refractivity contribution in [2.75, 3.05) is 39.8 Å². The molecule has 5 heteroatoms.